The van der Waals surface area contributed by atoms with Crippen LogP contribution in [-0.2, 0) is 16.1 Å². The van der Waals surface area contributed by atoms with Crippen molar-refractivity contribution in [3.05, 3.63) is 29.8 Å². The third kappa shape index (κ3) is 4.47. The molecule has 0 fully saturated rings. The molecule has 0 aliphatic heterocycles. The molecule has 0 aliphatic carbocycles. The van der Waals surface area contributed by atoms with Gasteiger partial charge in [0.2, 0.25) is 5.91 Å². The van der Waals surface area contributed by atoms with E-state index >= 15 is 0 Å². The summed E-state index contributed by atoms with van der Waals surface area (Å²) in [6.07, 6.45) is 1.38. The second kappa shape index (κ2) is 7.84. The molecule has 1 rings (SSSR count). The number of amides is 1. The SMILES string of the molecule is CCCOCCC(=O)N(C)c1cccc(CN)c1. The summed E-state index contributed by atoms with van der Waals surface area (Å²) in [5.74, 6) is 0.0558. The minimum absolute atomic E-state index is 0.0558. The van der Waals surface area contributed by atoms with Crippen LogP contribution in [0.4, 0.5) is 5.69 Å². The number of nitrogens with zero attached hydrogens (tertiary/aromatic N) is 1. The van der Waals surface area contributed by atoms with Gasteiger partial charge in [-0.05, 0) is 24.1 Å². The summed E-state index contributed by atoms with van der Waals surface area (Å²) in [5.41, 5.74) is 7.48. The maximum Gasteiger partial charge on any atom is 0.229 e. The molecule has 1 aromatic rings. The van der Waals surface area contributed by atoms with Crippen molar-refractivity contribution >= 4 is 11.6 Å². The number of hydrogen-bond acceptors (Lipinski definition) is 3. The van der Waals surface area contributed by atoms with E-state index in [0.29, 0.717) is 26.2 Å². The number of carbonyl (C=O) groups excluding carboxylic acids is 1. The fourth-order valence-electron chi connectivity index (χ4n) is 1.61. The Labute approximate surface area is 109 Å². The topological polar surface area (TPSA) is 55.6 Å². The Morgan fingerprint density at radius 2 is 2.17 bits per heavy atom. The number of hydrogen-bond donors (Lipinski definition) is 1. The Kier molecular flexibility index (Phi) is 6.39. The lowest BCUT2D eigenvalue weighted by Crippen LogP contribution is -2.27. The summed E-state index contributed by atoms with van der Waals surface area (Å²) in [6, 6.07) is 7.70. The van der Waals surface area contributed by atoms with E-state index in [1.165, 1.54) is 0 Å². The molecule has 2 N–H and O–H groups in total. The van der Waals surface area contributed by atoms with Gasteiger partial charge in [-0.3, -0.25) is 4.79 Å². The lowest BCUT2D eigenvalue weighted by atomic mass is 10.2. The third-order valence-corrected chi connectivity index (χ3v) is 2.72. The van der Waals surface area contributed by atoms with E-state index in [2.05, 4.69) is 0 Å². The molecule has 0 saturated carbocycles. The van der Waals surface area contributed by atoms with E-state index in [-0.39, 0.29) is 5.91 Å². The number of anilines is 1. The lowest BCUT2D eigenvalue weighted by Gasteiger charge is -2.18. The molecule has 0 aromatic heterocycles. The molecule has 0 unspecified atom stereocenters. The van der Waals surface area contributed by atoms with Crippen molar-refractivity contribution in [1.82, 2.24) is 0 Å². The van der Waals surface area contributed by atoms with E-state index in [9.17, 15) is 4.79 Å². The molecule has 4 nitrogen and oxygen atoms in total. The third-order valence-electron chi connectivity index (χ3n) is 2.72. The minimum Gasteiger partial charge on any atom is -0.381 e. The predicted octanol–water partition coefficient (Wildman–Crippen LogP) is 1.92. The van der Waals surface area contributed by atoms with Crippen molar-refractivity contribution in [1.29, 1.82) is 0 Å². The summed E-state index contributed by atoms with van der Waals surface area (Å²) in [7, 11) is 1.78. The number of ether oxygens (including phenoxy) is 1. The maximum atomic E-state index is 11.9. The first-order valence-corrected chi connectivity index (χ1v) is 6.32. The van der Waals surface area contributed by atoms with Crippen LogP contribution in [0.25, 0.3) is 0 Å². The molecule has 0 radical (unpaired) electrons. The second-order valence-corrected chi connectivity index (χ2v) is 4.19. The number of rotatable bonds is 7. The Morgan fingerprint density at radius 1 is 1.39 bits per heavy atom. The van der Waals surface area contributed by atoms with Crippen LogP contribution in [-0.4, -0.2) is 26.2 Å². The number of carbonyl (C=O) groups is 1. The molecule has 4 heteroatoms. The van der Waals surface area contributed by atoms with E-state index < -0.39 is 0 Å². The van der Waals surface area contributed by atoms with Gasteiger partial charge in [-0.25, -0.2) is 0 Å². The van der Waals surface area contributed by atoms with Gasteiger partial charge in [-0.2, -0.15) is 0 Å². The smallest absolute Gasteiger partial charge is 0.229 e. The van der Waals surface area contributed by atoms with Crippen LogP contribution in [0, 0.1) is 0 Å². The molecule has 0 bridgehead atoms. The highest BCUT2D eigenvalue weighted by atomic mass is 16.5. The molecule has 0 aliphatic rings. The maximum absolute atomic E-state index is 11.9. The highest BCUT2D eigenvalue weighted by molar-refractivity contribution is 5.92. The van der Waals surface area contributed by atoms with Crippen molar-refractivity contribution < 1.29 is 9.53 Å². The summed E-state index contributed by atoms with van der Waals surface area (Å²) >= 11 is 0. The van der Waals surface area contributed by atoms with Crippen LogP contribution in [0.3, 0.4) is 0 Å². The zero-order valence-corrected chi connectivity index (χ0v) is 11.2. The van der Waals surface area contributed by atoms with Crippen LogP contribution in [0.15, 0.2) is 24.3 Å². The van der Waals surface area contributed by atoms with E-state index in [1.54, 1.807) is 11.9 Å². The van der Waals surface area contributed by atoms with Gasteiger partial charge in [0.05, 0.1) is 13.0 Å². The van der Waals surface area contributed by atoms with Gasteiger partial charge in [0.15, 0.2) is 0 Å². The summed E-state index contributed by atoms with van der Waals surface area (Å²) < 4.78 is 5.32. The first kappa shape index (κ1) is 14.7. The molecule has 1 amide bonds. The average Bonchev–Trinajstić information content (AvgIpc) is 2.42. The van der Waals surface area contributed by atoms with E-state index in [4.69, 9.17) is 10.5 Å². The second-order valence-electron chi connectivity index (χ2n) is 4.19. The summed E-state index contributed by atoms with van der Waals surface area (Å²) in [6.45, 7) is 3.72. The van der Waals surface area contributed by atoms with Crippen LogP contribution in [0.5, 0.6) is 0 Å². The Balaban J connectivity index is 2.51. The molecule has 0 atom stereocenters. The van der Waals surface area contributed by atoms with Crippen LogP contribution in [0.1, 0.15) is 25.3 Å². The Hall–Kier alpha value is -1.39. The monoisotopic (exact) mass is 250 g/mol. The lowest BCUT2D eigenvalue weighted by molar-refractivity contribution is -0.119. The zero-order chi connectivity index (χ0) is 13.4. The van der Waals surface area contributed by atoms with Crippen molar-refractivity contribution in [2.24, 2.45) is 5.73 Å². The first-order valence-electron chi connectivity index (χ1n) is 6.32. The number of benzene rings is 1. The molecule has 100 valence electrons. The molecule has 0 heterocycles. The molecular formula is C14H22N2O2. The van der Waals surface area contributed by atoms with Crippen molar-refractivity contribution in [2.45, 2.75) is 26.3 Å². The standard InChI is InChI=1S/C14H22N2O2/c1-3-8-18-9-7-14(17)16(2)13-6-4-5-12(10-13)11-15/h4-6,10H,3,7-9,11,15H2,1-2H3. The van der Waals surface area contributed by atoms with Gasteiger partial charge in [0.1, 0.15) is 0 Å². The van der Waals surface area contributed by atoms with Crippen LogP contribution >= 0.6 is 0 Å². The van der Waals surface area contributed by atoms with Gasteiger partial charge in [0.25, 0.3) is 0 Å². The number of nitrogens with two attached hydrogens (primary N) is 1. The average molecular weight is 250 g/mol. The minimum atomic E-state index is 0.0558. The van der Waals surface area contributed by atoms with Crippen LogP contribution < -0.4 is 10.6 Å². The molecule has 1 aromatic carbocycles. The van der Waals surface area contributed by atoms with Crippen molar-refractivity contribution in [3.63, 3.8) is 0 Å². The van der Waals surface area contributed by atoms with E-state index in [1.807, 2.05) is 31.2 Å². The molecular weight excluding hydrogens is 228 g/mol. The molecule has 18 heavy (non-hydrogen) atoms. The van der Waals surface area contributed by atoms with Gasteiger partial charge >= 0.3 is 0 Å². The quantitative estimate of drug-likeness (QED) is 0.752. The van der Waals surface area contributed by atoms with Gasteiger partial charge in [0, 0.05) is 25.9 Å². The summed E-state index contributed by atoms with van der Waals surface area (Å²) in [5, 5.41) is 0. The van der Waals surface area contributed by atoms with Crippen LogP contribution in [0.2, 0.25) is 0 Å². The Morgan fingerprint density at radius 3 is 2.83 bits per heavy atom. The predicted molar refractivity (Wildman–Crippen MR) is 73.5 cm³/mol. The van der Waals surface area contributed by atoms with Crippen molar-refractivity contribution in [2.75, 3.05) is 25.2 Å². The Bertz CT molecular complexity index is 380. The molecule has 0 saturated heterocycles. The summed E-state index contributed by atoms with van der Waals surface area (Å²) in [4.78, 5) is 13.6. The zero-order valence-electron chi connectivity index (χ0n) is 11.2. The first-order chi connectivity index (χ1) is 8.69. The van der Waals surface area contributed by atoms with Gasteiger partial charge in [-0.1, -0.05) is 19.1 Å². The highest BCUT2D eigenvalue weighted by Gasteiger charge is 2.10. The molecule has 0 spiro atoms. The largest absolute Gasteiger partial charge is 0.381 e. The van der Waals surface area contributed by atoms with Gasteiger partial charge in [-0.15, -0.1) is 0 Å². The van der Waals surface area contributed by atoms with Crippen molar-refractivity contribution in [3.8, 4) is 0 Å². The normalized spacial score (nSPS) is 10.4. The van der Waals surface area contributed by atoms with E-state index in [0.717, 1.165) is 17.7 Å². The highest BCUT2D eigenvalue weighted by Crippen LogP contribution is 2.15. The fraction of sp³-hybridized carbons (Fsp3) is 0.500. The fourth-order valence-corrected chi connectivity index (χ4v) is 1.61. The van der Waals surface area contributed by atoms with Gasteiger partial charge < -0.3 is 15.4 Å².